The summed E-state index contributed by atoms with van der Waals surface area (Å²) in [4.78, 5) is 35.5. The molecule has 10 heteroatoms. The zero-order valence-electron chi connectivity index (χ0n) is 41.0. The summed E-state index contributed by atoms with van der Waals surface area (Å²) in [6, 6.07) is 0. The number of esters is 2. The molecule has 0 aliphatic carbocycles. The van der Waals surface area contributed by atoms with Gasteiger partial charge < -0.3 is 18.9 Å². The number of hydrogen-bond acceptors (Lipinski definition) is 7. The van der Waals surface area contributed by atoms with Crippen molar-refractivity contribution in [2.45, 2.75) is 206 Å². The molecular formula is C53H95NO8P+. The smallest absolute Gasteiger partial charge is 0.462 e. The highest BCUT2D eigenvalue weighted by Gasteiger charge is 2.27. The molecule has 2 atom stereocenters. The number of quaternary nitrogens is 1. The Balaban J connectivity index is 4.26. The molecule has 2 unspecified atom stereocenters. The SMILES string of the molecule is CC/C=C\C/C=C\C/C=C\C/C=C\C/C=C\CCCCCCCCCCCC(=O)OC(COC(=O)CCCCCCC/C=C\CCCCCCC)COP(=O)(O)OCC[N+](C)(C)C. The first-order valence-corrected chi connectivity index (χ1v) is 26.7. The Kier molecular flexibility index (Phi) is 42.8. The van der Waals surface area contributed by atoms with Gasteiger partial charge in [-0.25, -0.2) is 4.57 Å². The van der Waals surface area contributed by atoms with Crippen molar-refractivity contribution in [1.82, 2.24) is 0 Å². The van der Waals surface area contributed by atoms with Crippen LogP contribution in [0.3, 0.4) is 0 Å². The molecule has 0 aliphatic rings. The van der Waals surface area contributed by atoms with Crippen LogP contribution in [0.5, 0.6) is 0 Å². The molecule has 0 aromatic carbocycles. The number of likely N-dealkylation sites (N-methyl/N-ethyl adjacent to an activating group) is 1. The molecule has 0 saturated heterocycles. The van der Waals surface area contributed by atoms with Crippen molar-refractivity contribution >= 4 is 19.8 Å². The number of allylic oxidation sites excluding steroid dienone is 12. The molecule has 0 saturated carbocycles. The first kappa shape index (κ1) is 60.5. The number of rotatable bonds is 45. The van der Waals surface area contributed by atoms with E-state index in [2.05, 4.69) is 86.8 Å². The summed E-state index contributed by atoms with van der Waals surface area (Å²) in [7, 11) is 1.46. The van der Waals surface area contributed by atoms with Crippen molar-refractivity contribution < 1.29 is 42.1 Å². The highest BCUT2D eigenvalue weighted by molar-refractivity contribution is 7.47. The summed E-state index contributed by atoms with van der Waals surface area (Å²) in [5.74, 6) is -0.817. The lowest BCUT2D eigenvalue weighted by Crippen LogP contribution is -2.37. The number of hydrogen-bond donors (Lipinski definition) is 1. The Morgan fingerprint density at radius 2 is 0.905 bits per heavy atom. The molecule has 364 valence electrons. The van der Waals surface area contributed by atoms with Gasteiger partial charge in [-0.2, -0.15) is 0 Å². The van der Waals surface area contributed by atoms with E-state index in [0.717, 1.165) is 96.3 Å². The molecule has 0 radical (unpaired) electrons. The standard InChI is InChI=1S/C53H94NO8P/c1-6-8-10-12-14-16-18-20-22-23-24-25-26-27-28-29-30-31-32-34-36-38-40-42-44-46-53(56)62-51(50-61-63(57,58)60-48-47-54(3,4)5)49-59-52(55)45-43-41-39-37-35-33-21-19-17-15-13-11-9-7-2/h8,10,14,16,19-22,24-25,27-28,51H,6-7,9,11-13,15,17-18,23,26,29-50H2,1-5H3/p+1/b10-8-,16-14-,21-19-,22-20-,25-24-,28-27-. The first-order chi connectivity index (χ1) is 30.5. The van der Waals surface area contributed by atoms with Crippen molar-refractivity contribution in [2.24, 2.45) is 0 Å². The van der Waals surface area contributed by atoms with Crippen molar-refractivity contribution in [2.75, 3.05) is 47.5 Å². The van der Waals surface area contributed by atoms with Crippen LogP contribution < -0.4 is 0 Å². The van der Waals surface area contributed by atoms with E-state index < -0.39 is 26.5 Å². The Morgan fingerprint density at radius 3 is 1.37 bits per heavy atom. The minimum Gasteiger partial charge on any atom is -0.462 e. The van der Waals surface area contributed by atoms with Gasteiger partial charge in [-0.05, 0) is 83.5 Å². The lowest BCUT2D eigenvalue weighted by atomic mass is 10.1. The average Bonchev–Trinajstić information content (AvgIpc) is 3.24. The van der Waals surface area contributed by atoms with Gasteiger partial charge >= 0.3 is 19.8 Å². The van der Waals surface area contributed by atoms with E-state index >= 15 is 0 Å². The molecule has 0 aromatic heterocycles. The largest absolute Gasteiger partial charge is 0.472 e. The molecule has 0 heterocycles. The monoisotopic (exact) mass is 905 g/mol. The summed E-state index contributed by atoms with van der Waals surface area (Å²) in [6.07, 6.45) is 56.6. The number of nitrogens with zero attached hydrogens (tertiary/aromatic N) is 1. The van der Waals surface area contributed by atoms with E-state index in [0.29, 0.717) is 17.4 Å². The number of carbonyl (C=O) groups is 2. The Bertz CT molecular complexity index is 1300. The average molecular weight is 905 g/mol. The van der Waals surface area contributed by atoms with Crippen LogP contribution in [0, 0.1) is 0 Å². The zero-order valence-corrected chi connectivity index (χ0v) is 41.9. The molecule has 9 nitrogen and oxygen atoms in total. The fourth-order valence-electron chi connectivity index (χ4n) is 6.56. The molecule has 0 amide bonds. The number of carbonyl (C=O) groups excluding carboxylic acids is 2. The lowest BCUT2D eigenvalue weighted by molar-refractivity contribution is -0.870. The van der Waals surface area contributed by atoms with E-state index in [-0.39, 0.29) is 32.0 Å². The summed E-state index contributed by atoms with van der Waals surface area (Å²) >= 11 is 0. The quantitative estimate of drug-likeness (QED) is 0.0212. The molecule has 0 aromatic rings. The Morgan fingerprint density at radius 1 is 0.508 bits per heavy atom. The van der Waals surface area contributed by atoms with Crippen LogP contribution in [0.1, 0.15) is 200 Å². The van der Waals surface area contributed by atoms with Crippen LogP contribution in [0.4, 0.5) is 0 Å². The fraction of sp³-hybridized carbons (Fsp3) is 0.736. The summed E-state index contributed by atoms with van der Waals surface area (Å²) in [5.41, 5.74) is 0. The number of ether oxygens (including phenoxy) is 2. The molecule has 0 spiro atoms. The van der Waals surface area contributed by atoms with Crippen molar-refractivity contribution in [1.29, 1.82) is 0 Å². The minimum absolute atomic E-state index is 0.0262. The van der Waals surface area contributed by atoms with E-state index in [1.807, 2.05) is 21.1 Å². The predicted molar refractivity (Wildman–Crippen MR) is 266 cm³/mol. The van der Waals surface area contributed by atoms with E-state index in [1.54, 1.807) is 0 Å². The lowest BCUT2D eigenvalue weighted by Gasteiger charge is -2.24. The van der Waals surface area contributed by atoms with Crippen LogP contribution in [0.25, 0.3) is 0 Å². The summed E-state index contributed by atoms with van der Waals surface area (Å²) < 4.78 is 34.4. The Hall–Kier alpha value is -2.55. The van der Waals surface area contributed by atoms with Crippen molar-refractivity contribution in [3.63, 3.8) is 0 Å². The van der Waals surface area contributed by atoms with Gasteiger partial charge in [0.05, 0.1) is 27.7 Å². The van der Waals surface area contributed by atoms with E-state index in [9.17, 15) is 19.0 Å². The third-order valence-corrected chi connectivity index (χ3v) is 11.5. The molecule has 0 aliphatic heterocycles. The van der Waals surface area contributed by atoms with E-state index in [4.69, 9.17) is 18.5 Å². The van der Waals surface area contributed by atoms with Crippen LogP contribution in [-0.2, 0) is 32.7 Å². The van der Waals surface area contributed by atoms with Crippen LogP contribution in [0.15, 0.2) is 72.9 Å². The fourth-order valence-corrected chi connectivity index (χ4v) is 7.31. The van der Waals surface area contributed by atoms with E-state index in [1.165, 1.54) is 70.6 Å². The van der Waals surface area contributed by atoms with Gasteiger partial charge in [0, 0.05) is 12.8 Å². The highest BCUT2D eigenvalue weighted by atomic mass is 31.2. The van der Waals surface area contributed by atoms with Crippen LogP contribution in [-0.4, -0.2) is 74.9 Å². The second-order valence-corrected chi connectivity index (χ2v) is 19.3. The van der Waals surface area contributed by atoms with Crippen molar-refractivity contribution in [3.05, 3.63) is 72.9 Å². The second-order valence-electron chi connectivity index (χ2n) is 17.8. The van der Waals surface area contributed by atoms with Crippen LogP contribution in [0.2, 0.25) is 0 Å². The predicted octanol–water partition coefficient (Wildman–Crippen LogP) is 15.0. The summed E-state index contributed by atoms with van der Waals surface area (Å²) in [6.45, 7) is 4.28. The van der Waals surface area contributed by atoms with Crippen molar-refractivity contribution in [3.8, 4) is 0 Å². The van der Waals surface area contributed by atoms with Gasteiger partial charge in [0.1, 0.15) is 19.8 Å². The van der Waals surface area contributed by atoms with Gasteiger partial charge in [0.15, 0.2) is 6.10 Å². The maximum Gasteiger partial charge on any atom is 0.472 e. The van der Waals surface area contributed by atoms with Gasteiger partial charge in [-0.1, -0.05) is 177 Å². The van der Waals surface area contributed by atoms with Gasteiger partial charge in [0.25, 0.3) is 0 Å². The second kappa shape index (κ2) is 44.6. The third-order valence-electron chi connectivity index (χ3n) is 10.5. The molecular weight excluding hydrogens is 810 g/mol. The maximum atomic E-state index is 12.8. The highest BCUT2D eigenvalue weighted by Crippen LogP contribution is 2.43. The maximum absolute atomic E-state index is 12.8. The first-order valence-electron chi connectivity index (χ1n) is 25.2. The summed E-state index contributed by atoms with van der Waals surface area (Å²) in [5, 5.41) is 0. The normalized spacial score (nSPS) is 14.1. The molecule has 1 N–H and O–H groups in total. The molecule has 63 heavy (non-hydrogen) atoms. The van der Waals surface area contributed by atoms with Crippen LogP contribution >= 0.6 is 7.82 Å². The molecule has 0 bridgehead atoms. The van der Waals surface area contributed by atoms with Gasteiger partial charge in [-0.3, -0.25) is 18.6 Å². The van der Waals surface area contributed by atoms with Gasteiger partial charge in [-0.15, -0.1) is 0 Å². The Labute approximate surface area is 387 Å². The molecule has 0 fully saturated rings. The topological polar surface area (TPSA) is 108 Å². The number of phosphoric ester groups is 1. The number of phosphoric acid groups is 1. The zero-order chi connectivity index (χ0) is 46.4. The van der Waals surface area contributed by atoms with Gasteiger partial charge in [0.2, 0.25) is 0 Å². The third kappa shape index (κ3) is 48.7. The number of unbranched alkanes of at least 4 members (excludes halogenated alkanes) is 19. The molecule has 0 rings (SSSR count). The minimum atomic E-state index is -4.39.